The highest BCUT2D eigenvalue weighted by Gasteiger charge is 2.22. The lowest BCUT2D eigenvalue weighted by molar-refractivity contribution is 0.148. The van der Waals surface area contributed by atoms with E-state index in [1.165, 1.54) is 17.5 Å². The van der Waals surface area contributed by atoms with Crippen LogP contribution in [0.15, 0.2) is 41.7 Å². The fraction of sp³-hybridized carbons (Fsp3) is 0.500. The van der Waals surface area contributed by atoms with E-state index in [1.54, 1.807) is 36.9 Å². The van der Waals surface area contributed by atoms with Crippen molar-refractivity contribution in [2.75, 3.05) is 25.0 Å². The normalized spacial score (nSPS) is 18.7. The van der Waals surface area contributed by atoms with Gasteiger partial charge in [0.15, 0.2) is 0 Å². The fourth-order valence-electron chi connectivity index (χ4n) is 2.98. The molecule has 1 aliphatic rings. The summed E-state index contributed by atoms with van der Waals surface area (Å²) in [4.78, 5) is 22.5. The highest BCUT2D eigenvalue weighted by Crippen LogP contribution is 2.17. The second-order valence-corrected chi connectivity index (χ2v) is 5.74. The van der Waals surface area contributed by atoms with E-state index in [9.17, 15) is 4.79 Å². The zero-order valence-corrected chi connectivity index (χ0v) is 13.1. The Labute approximate surface area is 135 Å². The number of likely N-dealkylation sites (tertiary alicyclic amines) is 1. The monoisotopic (exact) mass is 314 g/mol. The molecule has 2 aromatic rings. The molecule has 0 aliphatic carbocycles. The van der Waals surface area contributed by atoms with Crippen LogP contribution in [0.25, 0.3) is 0 Å². The first-order valence-corrected chi connectivity index (χ1v) is 8.09. The molecule has 7 heteroatoms. The van der Waals surface area contributed by atoms with Gasteiger partial charge in [-0.3, -0.25) is 14.7 Å². The van der Waals surface area contributed by atoms with Gasteiger partial charge in [0, 0.05) is 43.8 Å². The maximum atomic E-state index is 11.7. The van der Waals surface area contributed by atoms with Gasteiger partial charge in [-0.05, 0) is 25.5 Å². The third-order valence-electron chi connectivity index (χ3n) is 4.22. The zero-order chi connectivity index (χ0) is 15.9. The number of piperidine rings is 1. The average molecular weight is 314 g/mol. The molecule has 0 aromatic carbocycles. The van der Waals surface area contributed by atoms with Crippen LogP contribution in [-0.2, 0) is 6.54 Å². The summed E-state index contributed by atoms with van der Waals surface area (Å²) in [5, 5.41) is 7.48. The van der Waals surface area contributed by atoms with Crippen molar-refractivity contribution in [3.05, 3.63) is 47.3 Å². The summed E-state index contributed by atoms with van der Waals surface area (Å²) >= 11 is 0. The topological polar surface area (TPSA) is 75.9 Å². The Balaban J connectivity index is 1.56. The van der Waals surface area contributed by atoms with Crippen molar-refractivity contribution in [2.45, 2.75) is 31.8 Å². The van der Waals surface area contributed by atoms with Crippen LogP contribution < -0.4 is 10.9 Å². The third kappa shape index (κ3) is 4.35. The summed E-state index contributed by atoms with van der Waals surface area (Å²) in [5.41, 5.74) is -0.0428. The predicted molar refractivity (Wildman–Crippen MR) is 88.2 cm³/mol. The van der Waals surface area contributed by atoms with Gasteiger partial charge in [-0.25, -0.2) is 9.67 Å². The molecule has 1 aliphatic heterocycles. The number of anilines is 1. The SMILES string of the molecule is O=c1cccnn1CCN1CCCCC1CNc1cnccn1. The number of hydrogen-bond acceptors (Lipinski definition) is 6. The predicted octanol–water partition coefficient (Wildman–Crippen LogP) is 1.000. The molecule has 1 fully saturated rings. The van der Waals surface area contributed by atoms with Crippen molar-refractivity contribution >= 4 is 5.82 Å². The molecule has 0 radical (unpaired) electrons. The van der Waals surface area contributed by atoms with Crippen LogP contribution in [0.2, 0.25) is 0 Å². The van der Waals surface area contributed by atoms with E-state index in [0.717, 1.165) is 31.9 Å². The Hall–Kier alpha value is -2.28. The smallest absolute Gasteiger partial charge is 0.266 e. The van der Waals surface area contributed by atoms with E-state index in [2.05, 4.69) is 25.3 Å². The lowest BCUT2D eigenvalue weighted by atomic mass is 10.0. The molecular weight excluding hydrogens is 292 g/mol. The second kappa shape index (κ2) is 7.82. The second-order valence-electron chi connectivity index (χ2n) is 5.74. The van der Waals surface area contributed by atoms with Crippen LogP contribution in [0.1, 0.15) is 19.3 Å². The van der Waals surface area contributed by atoms with Gasteiger partial charge >= 0.3 is 0 Å². The van der Waals surface area contributed by atoms with Crippen molar-refractivity contribution in [2.24, 2.45) is 0 Å². The van der Waals surface area contributed by atoms with Crippen molar-refractivity contribution in [1.29, 1.82) is 0 Å². The molecule has 0 saturated carbocycles. The third-order valence-corrected chi connectivity index (χ3v) is 4.22. The Morgan fingerprint density at radius 3 is 3.00 bits per heavy atom. The van der Waals surface area contributed by atoms with Gasteiger partial charge in [0.2, 0.25) is 0 Å². The van der Waals surface area contributed by atoms with E-state index in [4.69, 9.17) is 0 Å². The molecule has 0 bridgehead atoms. The first-order chi connectivity index (χ1) is 11.3. The lowest BCUT2D eigenvalue weighted by Crippen LogP contribution is -2.45. The minimum atomic E-state index is -0.0428. The van der Waals surface area contributed by atoms with Gasteiger partial charge in [0.1, 0.15) is 5.82 Å². The van der Waals surface area contributed by atoms with Crippen LogP contribution in [0.5, 0.6) is 0 Å². The van der Waals surface area contributed by atoms with Gasteiger partial charge in [0.25, 0.3) is 5.56 Å². The first-order valence-electron chi connectivity index (χ1n) is 8.09. The molecule has 2 aromatic heterocycles. The Kier molecular flexibility index (Phi) is 5.31. The van der Waals surface area contributed by atoms with E-state index >= 15 is 0 Å². The van der Waals surface area contributed by atoms with Crippen molar-refractivity contribution in [1.82, 2.24) is 24.6 Å². The lowest BCUT2D eigenvalue weighted by Gasteiger charge is -2.35. The highest BCUT2D eigenvalue weighted by molar-refractivity contribution is 5.29. The quantitative estimate of drug-likeness (QED) is 0.857. The summed E-state index contributed by atoms with van der Waals surface area (Å²) < 4.78 is 1.53. The molecule has 0 spiro atoms. The minimum absolute atomic E-state index is 0.0428. The Morgan fingerprint density at radius 2 is 2.17 bits per heavy atom. The minimum Gasteiger partial charge on any atom is -0.367 e. The average Bonchev–Trinajstić information content (AvgIpc) is 2.61. The number of hydrogen-bond donors (Lipinski definition) is 1. The number of rotatable bonds is 6. The van der Waals surface area contributed by atoms with E-state index in [1.807, 2.05) is 0 Å². The molecule has 1 N–H and O–H groups in total. The number of nitrogens with one attached hydrogen (secondary N) is 1. The number of aromatic nitrogens is 4. The molecule has 3 heterocycles. The largest absolute Gasteiger partial charge is 0.367 e. The molecule has 23 heavy (non-hydrogen) atoms. The van der Waals surface area contributed by atoms with Gasteiger partial charge in [-0.1, -0.05) is 6.42 Å². The van der Waals surface area contributed by atoms with Gasteiger partial charge in [0.05, 0.1) is 12.7 Å². The molecule has 122 valence electrons. The van der Waals surface area contributed by atoms with Gasteiger partial charge < -0.3 is 5.32 Å². The summed E-state index contributed by atoms with van der Waals surface area (Å²) in [6.45, 7) is 3.37. The standard InChI is InChI=1S/C16H22N6O/c23-16-5-3-6-20-22(16)11-10-21-9-2-1-4-14(21)12-19-15-13-17-7-8-18-15/h3,5-8,13-14H,1-2,4,9-12H2,(H,18,19). The van der Waals surface area contributed by atoms with E-state index < -0.39 is 0 Å². The molecular formula is C16H22N6O. The maximum absolute atomic E-state index is 11.7. The highest BCUT2D eigenvalue weighted by atomic mass is 16.1. The van der Waals surface area contributed by atoms with Crippen molar-refractivity contribution < 1.29 is 0 Å². The molecule has 0 amide bonds. The van der Waals surface area contributed by atoms with Crippen LogP contribution in [0.4, 0.5) is 5.82 Å². The van der Waals surface area contributed by atoms with Crippen molar-refractivity contribution in [3.8, 4) is 0 Å². The zero-order valence-electron chi connectivity index (χ0n) is 13.1. The van der Waals surface area contributed by atoms with E-state index in [-0.39, 0.29) is 5.56 Å². The molecule has 1 saturated heterocycles. The van der Waals surface area contributed by atoms with Gasteiger partial charge in [-0.2, -0.15) is 5.10 Å². The molecule has 1 atom stereocenters. The van der Waals surface area contributed by atoms with Crippen LogP contribution in [0.3, 0.4) is 0 Å². The van der Waals surface area contributed by atoms with E-state index in [0.29, 0.717) is 12.6 Å². The Morgan fingerprint density at radius 1 is 1.22 bits per heavy atom. The van der Waals surface area contributed by atoms with Gasteiger partial charge in [-0.15, -0.1) is 0 Å². The maximum Gasteiger partial charge on any atom is 0.266 e. The fourth-order valence-corrected chi connectivity index (χ4v) is 2.98. The summed E-state index contributed by atoms with van der Waals surface area (Å²) in [5.74, 6) is 0.805. The number of nitrogens with zero attached hydrogens (tertiary/aromatic N) is 5. The van der Waals surface area contributed by atoms with Crippen LogP contribution >= 0.6 is 0 Å². The van der Waals surface area contributed by atoms with Crippen LogP contribution in [0, 0.1) is 0 Å². The van der Waals surface area contributed by atoms with Crippen LogP contribution in [-0.4, -0.2) is 50.3 Å². The summed E-state index contributed by atoms with van der Waals surface area (Å²) in [6, 6.07) is 3.68. The Bertz CT molecular complexity index is 659. The first kappa shape index (κ1) is 15.6. The summed E-state index contributed by atoms with van der Waals surface area (Å²) in [7, 11) is 0. The van der Waals surface area contributed by atoms with Crippen molar-refractivity contribution in [3.63, 3.8) is 0 Å². The molecule has 3 rings (SSSR count). The molecule has 1 unspecified atom stereocenters. The summed E-state index contributed by atoms with van der Waals surface area (Å²) in [6.07, 6.45) is 10.4. The molecule has 7 nitrogen and oxygen atoms in total.